The second-order valence-corrected chi connectivity index (χ2v) is 7.45. The van der Waals surface area contributed by atoms with E-state index < -0.39 is 23.0 Å². The molecule has 0 aromatic carbocycles. The first-order valence-corrected chi connectivity index (χ1v) is 11.2. The van der Waals surface area contributed by atoms with Crippen LogP contribution in [0.15, 0.2) is 0 Å². The maximum absolute atomic E-state index is 10.4. The topological polar surface area (TPSA) is 94.1 Å². The Morgan fingerprint density at radius 2 is 1.30 bits per heavy atom. The summed E-state index contributed by atoms with van der Waals surface area (Å²) in [6, 6.07) is 0. The molecule has 0 aliphatic rings. The Morgan fingerprint density at radius 3 is 1.81 bits per heavy atom. The van der Waals surface area contributed by atoms with Crippen molar-refractivity contribution in [2.24, 2.45) is 0 Å². The number of hydrogen-bond acceptors (Lipinski definition) is 7. The molecule has 0 amide bonds. The molecule has 0 aliphatic carbocycles. The number of hydrogen-bond donors (Lipinski definition) is 0. The van der Waals surface area contributed by atoms with Crippen LogP contribution in [0.2, 0.25) is 0 Å². The molecular weight excluding hydrogens is 383 g/mol. The average Bonchev–Trinajstić information content (AvgIpc) is 2.53. The first-order valence-electron chi connectivity index (χ1n) is 9.84. The zero-order valence-electron chi connectivity index (χ0n) is 17.6. The van der Waals surface area contributed by atoms with Gasteiger partial charge >= 0.3 is 29.6 Å². The molecule has 0 radical (unpaired) electrons. The van der Waals surface area contributed by atoms with Gasteiger partial charge in [0, 0.05) is 6.61 Å². The van der Waals surface area contributed by atoms with E-state index in [1.807, 2.05) is 0 Å². The molecular formula is C18H37NaO7S. The number of rotatable bonds is 19. The Morgan fingerprint density at radius 1 is 0.778 bits per heavy atom. The molecule has 7 nitrogen and oxygen atoms in total. The minimum absolute atomic E-state index is 0. The summed E-state index contributed by atoms with van der Waals surface area (Å²) in [5.74, 6) is 0. The average molecular weight is 421 g/mol. The van der Waals surface area contributed by atoms with Crippen molar-refractivity contribution in [3.8, 4) is 0 Å². The van der Waals surface area contributed by atoms with Crippen LogP contribution in [0.1, 0.15) is 85.0 Å². The third-order valence-electron chi connectivity index (χ3n) is 3.86. The van der Waals surface area contributed by atoms with Crippen LogP contribution in [0.4, 0.5) is 0 Å². The molecule has 2 unspecified atom stereocenters. The van der Waals surface area contributed by atoms with Gasteiger partial charge in [0.2, 0.25) is 10.4 Å². The van der Waals surface area contributed by atoms with Crippen molar-refractivity contribution in [1.82, 2.24) is 0 Å². The van der Waals surface area contributed by atoms with Gasteiger partial charge in [-0.25, -0.2) is 12.6 Å². The molecule has 0 aromatic heterocycles. The summed E-state index contributed by atoms with van der Waals surface area (Å²) >= 11 is 0. The standard InChI is InChI=1S/C18H38O7S.Na/c1-4-5-6-7-8-9-10-11-12-13-14-22-15-16-23-17(2)24-18(3)25-26(19,20)21;/h17-18H,4-16H2,1-3H3,(H,19,20,21);/q;+1/p-1. The van der Waals surface area contributed by atoms with Gasteiger partial charge in [0.05, 0.1) is 13.2 Å². The molecule has 0 fully saturated rings. The van der Waals surface area contributed by atoms with Crippen LogP contribution in [-0.2, 0) is 28.8 Å². The summed E-state index contributed by atoms with van der Waals surface area (Å²) in [5, 5.41) is 0. The molecule has 0 bridgehead atoms. The van der Waals surface area contributed by atoms with Crippen LogP contribution in [0.25, 0.3) is 0 Å². The van der Waals surface area contributed by atoms with Crippen LogP contribution in [-0.4, -0.2) is 45.4 Å². The van der Waals surface area contributed by atoms with E-state index in [0.29, 0.717) is 19.8 Å². The van der Waals surface area contributed by atoms with Gasteiger partial charge < -0.3 is 18.8 Å². The fourth-order valence-electron chi connectivity index (χ4n) is 2.56. The molecule has 0 spiro atoms. The fourth-order valence-corrected chi connectivity index (χ4v) is 2.94. The van der Waals surface area contributed by atoms with E-state index >= 15 is 0 Å². The quantitative estimate of drug-likeness (QED) is 0.102. The van der Waals surface area contributed by atoms with E-state index in [2.05, 4.69) is 11.1 Å². The number of ether oxygens (including phenoxy) is 3. The smallest absolute Gasteiger partial charge is 0.725 e. The minimum atomic E-state index is -4.77. The van der Waals surface area contributed by atoms with Crippen molar-refractivity contribution in [2.45, 2.75) is 97.6 Å². The van der Waals surface area contributed by atoms with Gasteiger partial charge in [0.1, 0.15) is 0 Å². The second kappa shape index (κ2) is 20.0. The van der Waals surface area contributed by atoms with Gasteiger partial charge in [0.25, 0.3) is 0 Å². The van der Waals surface area contributed by atoms with E-state index in [-0.39, 0.29) is 29.6 Å². The van der Waals surface area contributed by atoms with Crippen LogP contribution >= 0.6 is 0 Å². The van der Waals surface area contributed by atoms with Crippen molar-refractivity contribution in [1.29, 1.82) is 0 Å². The Hall–Kier alpha value is 0.750. The summed E-state index contributed by atoms with van der Waals surface area (Å²) in [5.41, 5.74) is 0. The normalized spacial score (nSPS) is 13.9. The zero-order valence-corrected chi connectivity index (χ0v) is 20.4. The molecule has 27 heavy (non-hydrogen) atoms. The van der Waals surface area contributed by atoms with E-state index in [1.165, 1.54) is 64.7 Å². The van der Waals surface area contributed by atoms with Crippen molar-refractivity contribution < 1.29 is 60.9 Å². The third kappa shape index (κ3) is 24.7. The van der Waals surface area contributed by atoms with Crippen LogP contribution in [0, 0.1) is 0 Å². The van der Waals surface area contributed by atoms with E-state index in [9.17, 15) is 13.0 Å². The minimum Gasteiger partial charge on any atom is -0.725 e. The second-order valence-electron chi connectivity index (χ2n) is 6.44. The van der Waals surface area contributed by atoms with Crippen molar-refractivity contribution in [3.63, 3.8) is 0 Å². The molecule has 0 aliphatic heterocycles. The maximum atomic E-state index is 10.4. The van der Waals surface area contributed by atoms with Gasteiger partial charge in [-0.15, -0.1) is 0 Å². The predicted molar refractivity (Wildman–Crippen MR) is 99.4 cm³/mol. The zero-order chi connectivity index (χ0) is 19.7. The molecule has 0 heterocycles. The maximum Gasteiger partial charge on any atom is 1.00 e. The molecule has 0 aromatic rings. The van der Waals surface area contributed by atoms with Crippen molar-refractivity contribution in [3.05, 3.63) is 0 Å². The largest absolute Gasteiger partial charge is 1.00 e. The van der Waals surface area contributed by atoms with Gasteiger partial charge in [0.15, 0.2) is 12.6 Å². The summed E-state index contributed by atoms with van der Waals surface area (Å²) in [6.45, 7) is 6.64. The Labute approximate surface area is 188 Å². The Kier molecular flexibility index (Phi) is 22.2. The SMILES string of the molecule is CCCCCCCCCCCCOCCOC(C)OC(C)OS(=O)(=O)[O-].[Na+]. The van der Waals surface area contributed by atoms with Gasteiger partial charge in [-0.3, -0.25) is 0 Å². The van der Waals surface area contributed by atoms with Gasteiger partial charge in [-0.1, -0.05) is 64.7 Å². The molecule has 0 saturated carbocycles. The van der Waals surface area contributed by atoms with E-state index in [4.69, 9.17) is 14.2 Å². The third-order valence-corrected chi connectivity index (χ3v) is 4.37. The molecule has 0 N–H and O–H groups in total. The van der Waals surface area contributed by atoms with Crippen molar-refractivity contribution >= 4 is 10.4 Å². The summed E-state index contributed by atoms with van der Waals surface area (Å²) in [6.07, 6.45) is 11.1. The van der Waals surface area contributed by atoms with Crippen LogP contribution in [0.5, 0.6) is 0 Å². The Balaban J connectivity index is 0. The summed E-state index contributed by atoms with van der Waals surface area (Å²) in [4.78, 5) is 0. The van der Waals surface area contributed by atoms with E-state index in [1.54, 1.807) is 6.92 Å². The fraction of sp³-hybridized carbons (Fsp3) is 1.00. The van der Waals surface area contributed by atoms with Gasteiger partial charge in [-0.05, 0) is 20.3 Å². The van der Waals surface area contributed by atoms with Crippen molar-refractivity contribution in [2.75, 3.05) is 19.8 Å². The summed E-state index contributed by atoms with van der Waals surface area (Å²) < 4.78 is 51.2. The van der Waals surface area contributed by atoms with Crippen LogP contribution < -0.4 is 29.6 Å². The first kappa shape index (κ1) is 29.9. The Bertz CT molecular complexity index is 407. The summed E-state index contributed by atoms with van der Waals surface area (Å²) in [7, 11) is -4.77. The van der Waals surface area contributed by atoms with E-state index in [0.717, 1.165) is 6.42 Å². The molecule has 0 rings (SSSR count). The van der Waals surface area contributed by atoms with Gasteiger partial charge in [-0.2, -0.15) is 0 Å². The molecule has 0 saturated heterocycles. The van der Waals surface area contributed by atoms with Crippen LogP contribution in [0.3, 0.4) is 0 Å². The molecule has 9 heteroatoms. The molecule has 158 valence electrons. The monoisotopic (exact) mass is 420 g/mol. The number of unbranched alkanes of at least 4 members (excludes halogenated alkanes) is 9. The molecule has 2 atom stereocenters. The first-order chi connectivity index (χ1) is 12.3. The predicted octanol–water partition coefficient (Wildman–Crippen LogP) is 1.13.